The van der Waals surface area contributed by atoms with E-state index in [2.05, 4.69) is 30.0 Å². The average Bonchev–Trinajstić information content (AvgIpc) is 3.12. The van der Waals surface area contributed by atoms with Crippen LogP contribution in [0.3, 0.4) is 0 Å². The number of rotatable bonds is 5. The molecule has 1 fully saturated rings. The third-order valence-corrected chi connectivity index (χ3v) is 5.35. The summed E-state index contributed by atoms with van der Waals surface area (Å²) in [6.07, 6.45) is 7.92. The standard InChI is InChI=1S/C18H28N2/c1-2-20(18-8-4-7-17(18)12-19)13-14-9-10-15-5-3-6-16(15)11-14/h9-11,17-18H,2-8,12-13,19H2,1H3. The summed E-state index contributed by atoms with van der Waals surface area (Å²) >= 11 is 0. The van der Waals surface area contributed by atoms with Crippen LogP contribution in [0.4, 0.5) is 0 Å². The molecule has 0 aliphatic heterocycles. The SMILES string of the molecule is CCN(Cc1ccc2c(c1)CCC2)C1CCCC1CN. The Kier molecular flexibility index (Phi) is 4.42. The van der Waals surface area contributed by atoms with Gasteiger partial charge in [0.2, 0.25) is 0 Å². The summed E-state index contributed by atoms with van der Waals surface area (Å²) in [5.41, 5.74) is 10.6. The van der Waals surface area contributed by atoms with Gasteiger partial charge < -0.3 is 5.73 Å². The molecular formula is C18H28N2. The minimum atomic E-state index is 0.707. The van der Waals surface area contributed by atoms with E-state index >= 15 is 0 Å². The number of hydrogen-bond acceptors (Lipinski definition) is 2. The maximum Gasteiger partial charge on any atom is 0.0236 e. The number of aryl methyl sites for hydroxylation is 2. The third-order valence-electron chi connectivity index (χ3n) is 5.35. The first-order valence-electron chi connectivity index (χ1n) is 8.36. The molecule has 0 aromatic heterocycles. The molecule has 0 radical (unpaired) electrons. The minimum absolute atomic E-state index is 0.707. The van der Waals surface area contributed by atoms with Gasteiger partial charge in [0.25, 0.3) is 0 Å². The molecule has 110 valence electrons. The lowest BCUT2D eigenvalue weighted by Gasteiger charge is -2.32. The van der Waals surface area contributed by atoms with Gasteiger partial charge in [0, 0.05) is 12.6 Å². The van der Waals surface area contributed by atoms with Gasteiger partial charge in [-0.2, -0.15) is 0 Å². The molecule has 1 aromatic carbocycles. The van der Waals surface area contributed by atoms with Gasteiger partial charge in [-0.3, -0.25) is 4.90 Å². The lowest BCUT2D eigenvalue weighted by atomic mass is 10.0. The van der Waals surface area contributed by atoms with Crippen LogP contribution < -0.4 is 5.73 Å². The first kappa shape index (κ1) is 14.1. The van der Waals surface area contributed by atoms with Gasteiger partial charge in [0.1, 0.15) is 0 Å². The second-order valence-corrected chi connectivity index (χ2v) is 6.51. The molecule has 2 N–H and O–H groups in total. The average molecular weight is 272 g/mol. The smallest absolute Gasteiger partial charge is 0.0236 e. The van der Waals surface area contributed by atoms with Crippen LogP contribution in [-0.4, -0.2) is 24.0 Å². The van der Waals surface area contributed by atoms with Crippen LogP contribution in [-0.2, 0) is 19.4 Å². The molecule has 0 saturated heterocycles. The fourth-order valence-corrected chi connectivity index (χ4v) is 4.19. The van der Waals surface area contributed by atoms with Crippen LogP contribution in [0.15, 0.2) is 18.2 Å². The second kappa shape index (κ2) is 6.28. The number of nitrogens with two attached hydrogens (primary N) is 1. The topological polar surface area (TPSA) is 29.3 Å². The van der Waals surface area contributed by atoms with E-state index in [4.69, 9.17) is 5.73 Å². The predicted molar refractivity (Wildman–Crippen MR) is 84.7 cm³/mol. The van der Waals surface area contributed by atoms with Gasteiger partial charge in [-0.15, -0.1) is 0 Å². The molecule has 0 bridgehead atoms. The van der Waals surface area contributed by atoms with Crippen molar-refractivity contribution in [2.45, 2.75) is 58.0 Å². The van der Waals surface area contributed by atoms with E-state index in [1.54, 1.807) is 11.1 Å². The molecule has 1 saturated carbocycles. The largest absolute Gasteiger partial charge is 0.330 e. The molecule has 2 unspecified atom stereocenters. The fourth-order valence-electron chi connectivity index (χ4n) is 4.19. The first-order valence-corrected chi connectivity index (χ1v) is 8.36. The zero-order valence-corrected chi connectivity index (χ0v) is 12.8. The molecule has 2 atom stereocenters. The monoisotopic (exact) mass is 272 g/mol. The van der Waals surface area contributed by atoms with Gasteiger partial charge in [0.05, 0.1) is 0 Å². The molecule has 20 heavy (non-hydrogen) atoms. The van der Waals surface area contributed by atoms with Crippen molar-refractivity contribution in [1.82, 2.24) is 4.90 Å². The lowest BCUT2D eigenvalue weighted by Crippen LogP contribution is -2.39. The van der Waals surface area contributed by atoms with Crippen molar-refractivity contribution in [3.63, 3.8) is 0 Å². The summed E-state index contributed by atoms with van der Waals surface area (Å²) in [6.45, 7) is 5.38. The second-order valence-electron chi connectivity index (χ2n) is 6.51. The third kappa shape index (κ3) is 2.77. The Bertz CT molecular complexity index is 455. The van der Waals surface area contributed by atoms with Crippen LogP contribution in [0.2, 0.25) is 0 Å². The maximum atomic E-state index is 5.96. The van der Waals surface area contributed by atoms with E-state index in [0.717, 1.165) is 19.6 Å². The zero-order valence-electron chi connectivity index (χ0n) is 12.8. The molecule has 3 rings (SSSR count). The summed E-state index contributed by atoms with van der Waals surface area (Å²) in [5.74, 6) is 0.712. The lowest BCUT2D eigenvalue weighted by molar-refractivity contribution is 0.162. The molecule has 0 amide bonds. The number of hydrogen-bond donors (Lipinski definition) is 1. The van der Waals surface area contributed by atoms with Gasteiger partial charge in [-0.25, -0.2) is 0 Å². The maximum absolute atomic E-state index is 5.96. The van der Waals surface area contributed by atoms with Crippen LogP contribution >= 0.6 is 0 Å². The van der Waals surface area contributed by atoms with E-state index in [-0.39, 0.29) is 0 Å². The summed E-state index contributed by atoms with van der Waals surface area (Å²) in [4.78, 5) is 2.65. The molecule has 2 heteroatoms. The van der Waals surface area contributed by atoms with Crippen molar-refractivity contribution in [2.75, 3.05) is 13.1 Å². The van der Waals surface area contributed by atoms with E-state index in [9.17, 15) is 0 Å². The highest BCUT2D eigenvalue weighted by Gasteiger charge is 2.30. The van der Waals surface area contributed by atoms with Crippen molar-refractivity contribution in [3.8, 4) is 0 Å². The summed E-state index contributed by atoms with van der Waals surface area (Å²) < 4.78 is 0. The number of benzene rings is 1. The Hall–Kier alpha value is -0.860. The van der Waals surface area contributed by atoms with E-state index < -0.39 is 0 Å². The minimum Gasteiger partial charge on any atom is -0.330 e. The summed E-state index contributed by atoms with van der Waals surface area (Å²) in [7, 11) is 0. The van der Waals surface area contributed by atoms with Gasteiger partial charge in [0.15, 0.2) is 0 Å². The molecule has 1 aromatic rings. The Balaban J connectivity index is 1.71. The molecular weight excluding hydrogens is 244 g/mol. The normalized spacial score (nSPS) is 25.4. The Morgan fingerprint density at radius 2 is 2.00 bits per heavy atom. The van der Waals surface area contributed by atoms with Crippen molar-refractivity contribution < 1.29 is 0 Å². The highest BCUT2D eigenvalue weighted by Crippen LogP contribution is 2.31. The highest BCUT2D eigenvalue weighted by atomic mass is 15.2. The summed E-state index contributed by atoms with van der Waals surface area (Å²) in [6, 6.07) is 7.87. The van der Waals surface area contributed by atoms with Crippen molar-refractivity contribution in [1.29, 1.82) is 0 Å². The number of nitrogens with zero attached hydrogens (tertiary/aromatic N) is 1. The molecule has 2 aliphatic carbocycles. The van der Waals surface area contributed by atoms with Gasteiger partial charge >= 0.3 is 0 Å². The van der Waals surface area contributed by atoms with E-state index in [1.807, 2.05) is 0 Å². The molecule has 2 nitrogen and oxygen atoms in total. The van der Waals surface area contributed by atoms with Gasteiger partial charge in [-0.05, 0) is 67.8 Å². The van der Waals surface area contributed by atoms with Crippen molar-refractivity contribution in [3.05, 3.63) is 34.9 Å². The van der Waals surface area contributed by atoms with E-state index in [0.29, 0.717) is 12.0 Å². The van der Waals surface area contributed by atoms with Crippen LogP contribution in [0, 0.1) is 5.92 Å². The first-order chi connectivity index (χ1) is 9.81. The van der Waals surface area contributed by atoms with Crippen molar-refractivity contribution in [2.24, 2.45) is 11.7 Å². The Labute approximate surface area is 123 Å². The molecule has 0 heterocycles. The fraction of sp³-hybridized carbons (Fsp3) is 0.667. The van der Waals surface area contributed by atoms with Crippen LogP contribution in [0.25, 0.3) is 0 Å². The van der Waals surface area contributed by atoms with E-state index in [1.165, 1.54) is 44.1 Å². The van der Waals surface area contributed by atoms with Crippen LogP contribution in [0.5, 0.6) is 0 Å². The zero-order chi connectivity index (χ0) is 13.9. The number of fused-ring (bicyclic) bond motifs is 1. The van der Waals surface area contributed by atoms with Gasteiger partial charge in [-0.1, -0.05) is 31.5 Å². The highest BCUT2D eigenvalue weighted by molar-refractivity contribution is 5.35. The van der Waals surface area contributed by atoms with Crippen molar-refractivity contribution >= 4 is 0 Å². The predicted octanol–water partition coefficient (Wildman–Crippen LogP) is 3.12. The van der Waals surface area contributed by atoms with Crippen LogP contribution in [0.1, 0.15) is 49.3 Å². The molecule has 0 spiro atoms. The Morgan fingerprint density at radius 1 is 1.15 bits per heavy atom. The quantitative estimate of drug-likeness (QED) is 0.892. The Morgan fingerprint density at radius 3 is 2.80 bits per heavy atom. The summed E-state index contributed by atoms with van der Waals surface area (Å²) in [5, 5.41) is 0. The molecule has 2 aliphatic rings.